The number of aromatic nitrogens is 1. The largest absolute Gasteiger partial charge is 0.489 e. The van der Waals surface area contributed by atoms with Crippen molar-refractivity contribution in [3.63, 3.8) is 0 Å². The Bertz CT molecular complexity index is 1020. The van der Waals surface area contributed by atoms with Crippen molar-refractivity contribution in [3.05, 3.63) is 69.1 Å². The van der Waals surface area contributed by atoms with Crippen molar-refractivity contribution in [1.82, 2.24) is 10.3 Å². The molecule has 4 rings (SSSR count). The van der Waals surface area contributed by atoms with Crippen molar-refractivity contribution in [2.75, 3.05) is 13.2 Å². The average molecular weight is 463 g/mol. The zero-order valence-electron chi connectivity index (χ0n) is 16.1. The molecule has 1 aromatic heterocycles. The van der Waals surface area contributed by atoms with Gasteiger partial charge in [-0.2, -0.15) is 0 Å². The van der Waals surface area contributed by atoms with Crippen LogP contribution in [-0.4, -0.2) is 30.1 Å². The first-order chi connectivity index (χ1) is 14.6. The molecule has 156 valence electrons. The summed E-state index contributed by atoms with van der Waals surface area (Å²) in [7, 11) is 0. The van der Waals surface area contributed by atoms with E-state index in [-0.39, 0.29) is 12.0 Å². The average Bonchev–Trinajstić information content (AvgIpc) is 3.46. The number of hydrogen-bond donors (Lipinski definition) is 1. The molecule has 2 aromatic carbocycles. The second-order valence-corrected chi connectivity index (χ2v) is 8.62. The summed E-state index contributed by atoms with van der Waals surface area (Å²) in [5, 5.41) is 6.48. The number of halogens is 2. The molecular formula is C22H20Cl2N2O3S. The minimum absolute atomic E-state index is 0.114. The van der Waals surface area contributed by atoms with Crippen LogP contribution in [0.4, 0.5) is 0 Å². The van der Waals surface area contributed by atoms with E-state index in [9.17, 15) is 4.79 Å². The fraction of sp³-hybridized carbons (Fsp3) is 0.273. The summed E-state index contributed by atoms with van der Waals surface area (Å²) in [4.78, 5) is 16.8. The number of rotatable bonds is 7. The molecule has 1 aliphatic heterocycles. The Morgan fingerprint density at radius 2 is 2.03 bits per heavy atom. The second kappa shape index (κ2) is 9.79. The molecule has 1 saturated heterocycles. The van der Waals surface area contributed by atoms with E-state index < -0.39 is 0 Å². The van der Waals surface area contributed by atoms with Gasteiger partial charge in [-0.05, 0) is 54.8 Å². The summed E-state index contributed by atoms with van der Waals surface area (Å²) < 4.78 is 11.3. The zero-order valence-corrected chi connectivity index (χ0v) is 18.4. The van der Waals surface area contributed by atoms with Gasteiger partial charge in [0.25, 0.3) is 5.91 Å². The summed E-state index contributed by atoms with van der Waals surface area (Å²) >= 11 is 13.4. The minimum atomic E-state index is -0.172. The molecule has 8 heteroatoms. The lowest BCUT2D eigenvalue weighted by Gasteiger charge is -2.09. The topological polar surface area (TPSA) is 60.5 Å². The van der Waals surface area contributed by atoms with Crippen molar-refractivity contribution in [3.8, 4) is 16.3 Å². The highest BCUT2D eigenvalue weighted by molar-refractivity contribution is 7.13. The van der Waals surface area contributed by atoms with Gasteiger partial charge >= 0.3 is 0 Å². The summed E-state index contributed by atoms with van der Waals surface area (Å²) in [6.45, 7) is 1.69. The predicted molar refractivity (Wildman–Crippen MR) is 120 cm³/mol. The summed E-state index contributed by atoms with van der Waals surface area (Å²) in [6.07, 6.45) is 2.15. The molecule has 30 heavy (non-hydrogen) atoms. The molecule has 0 spiro atoms. The number of carbonyl (C=O) groups excluding carboxylic acids is 1. The van der Waals surface area contributed by atoms with E-state index in [0.717, 1.165) is 41.3 Å². The van der Waals surface area contributed by atoms with Crippen LogP contribution >= 0.6 is 34.5 Å². The van der Waals surface area contributed by atoms with Crippen molar-refractivity contribution in [2.24, 2.45) is 0 Å². The highest BCUT2D eigenvalue weighted by atomic mass is 35.5. The molecule has 5 nitrogen and oxygen atoms in total. The SMILES string of the molecule is O=C(NC[C@@H]1CCCO1)c1csc(-c2ccc(OCc3ccc(Cl)c(Cl)c3)cc2)n1. The van der Waals surface area contributed by atoms with Gasteiger partial charge in [-0.15, -0.1) is 11.3 Å². The van der Waals surface area contributed by atoms with Crippen LogP contribution in [0.2, 0.25) is 10.0 Å². The number of nitrogens with one attached hydrogen (secondary N) is 1. The van der Waals surface area contributed by atoms with Crippen molar-refractivity contribution < 1.29 is 14.3 Å². The fourth-order valence-electron chi connectivity index (χ4n) is 3.10. The van der Waals surface area contributed by atoms with Crippen molar-refractivity contribution >= 4 is 40.4 Å². The van der Waals surface area contributed by atoms with Gasteiger partial charge in [0.2, 0.25) is 0 Å². The first-order valence-electron chi connectivity index (χ1n) is 9.61. The maximum atomic E-state index is 12.3. The number of nitrogens with zero attached hydrogens (tertiary/aromatic N) is 1. The lowest BCUT2D eigenvalue weighted by molar-refractivity contribution is 0.0854. The molecule has 1 atom stereocenters. The molecule has 0 radical (unpaired) electrons. The third-order valence-corrected chi connectivity index (χ3v) is 6.37. The Morgan fingerprint density at radius 3 is 2.77 bits per heavy atom. The van der Waals surface area contributed by atoms with Crippen LogP contribution in [0.3, 0.4) is 0 Å². The van der Waals surface area contributed by atoms with Gasteiger partial charge in [-0.1, -0.05) is 29.3 Å². The highest BCUT2D eigenvalue weighted by Gasteiger charge is 2.18. The molecule has 3 aromatic rings. The molecule has 2 heterocycles. The van der Waals surface area contributed by atoms with Gasteiger partial charge in [0, 0.05) is 24.1 Å². The Balaban J connectivity index is 1.33. The molecule has 1 fully saturated rings. The van der Waals surface area contributed by atoms with Crippen LogP contribution in [0, 0.1) is 0 Å². The number of thiazole rings is 1. The van der Waals surface area contributed by atoms with Gasteiger partial charge in [0.15, 0.2) is 0 Å². The van der Waals surface area contributed by atoms with Crippen molar-refractivity contribution in [1.29, 1.82) is 0 Å². The molecule has 0 saturated carbocycles. The third-order valence-electron chi connectivity index (χ3n) is 4.74. The Labute approximate surface area is 188 Å². The minimum Gasteiger partial charge on any atom is -0.489 e. The zero-order chi connectivity index (χ0) is 20.9. The van der Waals surface area contributed by atoms with Crippen LogP contribution in [0.25, 0.3) is 10.6 Å². The first-order valence-corrected chi connectivity index (χ1v) is 11.2. The number of hydrogen-bond acceptors (Lipinski definition) is 5. The number of benzene rings is 2. The van der Waals surface area contributed by atoms with Gasteiger partial charge in [0.05, 0.1) is 16.1 Å². The van der Waals surface area contributed by atoms with E-state index in [1.165, 1.54) is 11.3 Å². The Morgan fingerprint density at radius 1 is 1.20 bits per heavy atom. The lowest BCUT2D eigenvalue weighted by Crippen LogP contribution is -2.31. The van der Waals surface area contributed by atoms with Crippen LogP contribution in [-0.2, 0) is 11.3 Å². The quantitative estimate of drug-likeness (QED) is 0.495. The molecule has 1 N–H and O–H groups in total. The monoisotopic (exact) mass is 462 g/mol. The molecule has 1 aliphatic rings. The summed E-state index contributed by atoms with van der Waals surface area (Å²) in [5.74, 6) is 0.561. The van der Waals surface area contributed by atoms with Gasteiger partial charge < -0.3 is 14.8 Å². The molecule has 0 aliphatic carbocycles. The Kier molecular flexibility index (Phi) is 6.89. The van der Waals surface area contributed by atoms with Crippen molar-refractivity contribution in [2.45, 2.75) is 25.6 Å². The molecule has 0 unspecified atom stereocenters. The highest BCUT2D eigenvalue weighted by Crippen LogP contribution is 2.27. The van der Waals surface area contributed by atoms with E-state index >= 15 is 0 Å². The van der Waals surface area contributed by atoms with Gasteiger partial charge in [-0.3, -0.25) is 4.79 Å². The van der Waals surface area contributed by atoms with E-state index in [1.54, 1.807) is 17.5 Å². The summed E-state index contributed by atoms with van der Waals surface area (Å²) in [6, 6.07) is 13.0. The van der Waals surface area contributed by atoms with Crippen LogP contribution < -0.4 is 10.1 Å². The standard InChI is InChI=1S/C22H20Cl2N2O3S/c23-18-8-3-14(10-19(18)24)12-29-16-6-4-15(5-7-16)22-26-20(13-30-22)21(27)25-11-17-2-1-9-28-17/h3-8,10,13,17H,1-2,9,11-12H2,(H,25,27)/t17-/m0/s1. The number of amides is 1. The van der Waals surface area contributed by atoms with Gasteiger partial charge in [0.1, 0.15) is 23.1 Å². The van der Waals surface area contributed by atoms with Crippen LogP contribution in [0.1, 0.15) is 28.9 Å². The smallest absolute Gasteiger partial charge is 0.270 e. The fourth-order valence-corrected chi connectivity index (χ4v) is 4.23. The lowest BCUT2D eigenvalue weighted by atomic mass is 10.2. The Hall–Kier alpha value is -2.12. The number of ether oxygens (including phenoxy) is 2. The molecule has 0 bridgehead atoms. The van der Waals surface area contributed by atoms with Crippen LogP contribution in [0.5, 0.6) is 5.75 Å². The maximum absolute atomic E-state index is 12.3. The van der Waals surface area contributed by atoms with Crippen LogP contribution in [0.15, 0.2) is 47.8 Å². The van der Waals surface area contributed by atoms with Gasteiger partial charge in [-0.25, -0.2) is 4.98 Å². The second-order valence-electron chi connectivity index (χ2n) is 6.94. The molecular weight excluding hydrogens is 443 g/mol. The maximum Gasteiger partial charge on any atom is 0.270 e. The van der Waals surface area contributed by atoms with E-state index in [2.05, 4.69) is 10.3 Å². The summed E-state index contributed by atoms with van der Waals surface area (Å²) in [5.41, 5.74) is 2.29. The van der Waals surface area contributed by atoms with E-state index in [1.807, 2.05) is 30.3 Å². The number of carbonyl (C=O) groups is 1. The van der Waals surface area contributed by atoms with E-state index in [0.29, 0.717) is 28.9 Å². The molecule has 1 amide bonds. The first kappa shape index (κ1) is 21.1. The predicted octanol–water partition coefficient (Wildman–Crippen LogP) is 5.60. The normalized spacial score (nSPS) is 15.9. The third kappa shape index (κ3) is 5.32. The van der Waals surface area contributed by atoms with E-state index in [4.69, 9.17) is 32.7 Å².